The maximum Gasteiger partial charge on any atom is 0.262 e. The first-order valence-corrected chi connectivity index (χ1v) is 10.7. The van der Waals surface area contributed by atoms with Gasteiger partial charge in [-0.1, -0.05) is 55.8 Å². The summed E-state index contributed by atoms with van der Waals surface area (Å²) in [5.74, 6) is 1.29. The lowest BCUT2D eigenvalue weighted by molar-refractivity contribution is 0.296. The SMILES string of the molecule is Cc1ccc(OCCn2cnc3scc(-c4ccc(C(C)C)cc4)c3c2=O)cc1. The van der Waals surface area contributed by atoms with Crippen LogP contribution < -0.4 is 10.3 Å². The van der Waals surface area contributed by atoms with E-state index in [0.717, 1.165) is 21.7 Å². The third-order valence-corrected chi connectivity index (χ3v) is 5.96. The molecule has 29 heavy (non-hydrogen) atoms. The number of hydrogen-bond acceptors (Lipinski definition) is 4. The number of benzene rings is 2. The lowest BCUT2D eigenvalue weighted by atomic mass is 9.99. The Kier molecular flexibility index (Phi) is 5.49. The Balaban J connectivity index is 1.58. The van der Waals surface area contributed by atoms with Gasteiger partial charge < -0.3 is 4.74 Å². The van der Waals surface area contributed by atoms with Crippen LogP contribution in [-0.4, -0.2) is 16.2 Å². The van der Waals surface area contributed by atoms with E-state index in [0.29, 0.717) is 24.5 Å². The van der Waals surface area contributed by atoms with E-state index in [1.54, 1.807) is 10.9 Å². The van der Waals surface area contributed by atoms with Crippen LogP contribution in [0.5, 0.6) is 5.75 Å². The third-order valence-electron chi connectivity index (χ3n) is 5.07. The van der Waals surface area contributed by atoms with Crippen LogP contribution in [0.15, 0.2) is 65.0 Å². The van der Waals surface area contributed by atoms with Gasteiger partial charge in [-0.3, -0.25) is 9.36 Å². The molecule has 4 nitrogen and oxygen atoms in total. The van der Waals surface area contributed by atoms with Crippen LogP contribution in [0.1, 0.15) is 30.9 Å². The zero-order valence-electron chi connectivity index (χ0n) is 16.9. The zero-order chi connectivity index (χ0) is 20.4. The predicted molar refractivity (Wildman–Crippen MR) is 120 cm³/mol. The van der Waals surface area contributed by atoms with E-state index < -0.39 is 0 Å². The van der Waals surface area contributed by atoms with Crippen molar-refractivity contribution < 1.29 is 4.74 Å². The fraction of sp³-hybridized carbons (Fsp3) is 0.250. The monoisotopic (exact) mass is 404 g/mol. The second-order valence-corrected chi connectivity index (χ2v) is 8.37. The number of nitrogens with zero attached hydrogens (tertiary/aromatic N) is 2. The van der Waals surface area contributed by atoms with Gasteiger partial charge in [-0.2, -0.15) is 0 Å². The number of hydrogen-bond donors (Lipinski definition) is 0. The molecule has 2 heterocycles. The van der Waals surface area contributed by atoms with Gasteiger partial charge in [0.2, 0.25) is 0 Å². The molecule has 0 aliphatic carbocycles. The summed E-state index contributed by atoms with van der Waals surface area (Å²) in [5, 5.41) is 2.71. The van der Waals surface area contributed by atoms with Crippen molar-refractivity contribution in [1.82, 2.24) is 9.55 Å². The van der Waals surface area contributed by atoms with Crippen molar-refractivity contribution in [1.29, 1.82) is 0 Å². The Morgan fingerprint density at radius 3 is 2.48 bits per heavy atom. The highest BCUT2D eigenvalue weighted by molar-refractivity contribution is 7.17. The first-order valence-electron chi connectivity index (χ1n) is 9.79. The molecule has 0 aliphatic rings. The summed E-state index contributed by atoms with van der Waals surface area (Å²) in [7, 11) is 0. The Morgan fingerprint density at radius 1 is 1.07 bits per heavy atom. The van der Waals surface area contributed by atoms with Gasteiger partial charge in [-0.25, -0.2) is 4.98 Å². The molecular weight excluding hydrogens is 380 g/mol. The molecule has 0 saturated heterocycles. The summed E-state index contributed by atoms with van der Waals surface area (Å²) in [4.78, 5) is 18.4. The largest absolute Gasteiger partial charge is 0.492 e. The van der Waals surface area contributed by atoms with E-state index in [9.17, 15) is 4.79 Å². The minimum Gasteiger partial charge on any atom is -0.492 e. The zero-order valence-corrected chi connectivity index (χ0v) is 17.7. The topological polar surface area (TPSA) is 44.1 Å². The number of rotatable bonds is 6. The van der Waals surface area contributed by atoms with Crippen LogP contribution >= 0.6 is 11.3 Å². The second-order valence-electron chi connectivity index (χ2n) is 7.51. The quantitative estimate of drug-likeness (QED) is 0.418. The molecule has 4 aromatic rings. The molecule has 5 heteroatoms. The van der Waals surface area contributed by atoms with Crippen molar-refractivity contribution in [3.05, 3.63) is 81.7 Å². The number of fused-ring (bicyclic) bond motifs is 1. The summed E-state index contributed by atoms with van der Waals surface area (Å²) >= 11 is 1.51. The fourth-order valence-corrected chi connectivity index (χ4v) is 4.19. The summed E-state index contributed by atoms with van der Waals surface area (Å²) in [6, 6.07) is 16.4. The molecule has 0 radical (unpaired) electrons. The standard InChI is InChI=1S/C24H24N2O2S/c1-16(2)18-6-8-19(9-7-18)21-14-29-23-22(21)24(27)26(15-25-23)12-13-28-20-10-4-17(3)5-11-20/h4-11,14-16H,12-13H2,1-3H3. The molecule has 0 atom stereocenters. The Labute approximate surface area is 174 Å². The molecule has 2 aromatic carbocycles. The molecule has 2 aromatic heterocycles. The highest BCUT2D eigenvalue weighted by Crippen LogP contribution is 2.31. The van der Waals surface area contributed by atoms with Gasteiger partial charge in [0.1, 0.15) is 17.2 Å². The molecule has 0 bridgehead atoms. The molecule has 0 aliphatic heterocycles. The van der Waals surface area contributed by atoms with Crippen LogP contribution in [0, 0.1) is 6.92 Å². The Bertz CT molecular complexity index is 1170. The van der Waals surface area contributed by atoms with E-state index in [1.165, 1.54) is 22.5 Å². The van der Waals surface area contributed by atoms with Crippen LogP contribution in [0.4, 0.5) is 0 Å². The predicted octanol–water partition coefficient (Wildman–Crippen LogP) is 5.64. The van der Waals surface area contributed by atoms with Crippen molar-refractivity contribution in [3.63, 3.8) is 0 Å². The maximum absolute atomic E-state index is 13.1. The Morgan fingerprint density at radius 2 is 1.79 bits per heavy atom. The average Bonchev–Trinajstić information content (AvgIpc) is 3.16. The van der Waals surface area contributed by atoms with Crippen molar-refractivity contribution in [3.8, 4) is 16.9 Å². The van der Waals surface area contributed by atoms with Crippen LogP contribution in [-0.2, 0) is 6.54 Å². The van der Waals surface area contributed by atoms with E-state index in [4.69, 9.17) is 4.74 Å². The molecule has 4 rings (SSSR count). The highest BCUT2D eigenvalue weighted by Gasteiger charge is 2.13. The number of aromatic nitrogens is 2. The third kappa shape index (κ3) is 4.10. The highest BCUT2D eigenvalue weighted by atomic mass is 32.1. The van der Waals surface area contributed by atoms with Crippen molar-refractivity contribution in [2.75, 3.05) is 6.61 Å². The summed E-state index contributed by atoms with van der Waals surface area (Å²) in [5.41, 5.74) is 4.46. The van der Waals surface area contributed by atoms with Gasteiger partial charge in [0.15, 0.2) is 0 Å². The Hall–Kier alpha value is -2.92. The van der Waals surface area contributed by atoms with E-state index in [1.807, 2.05) is 36.6 Å². The lowest BCUT2D eigenvalue weighted by Crippen LogP contribution is -2.23. The average molecular weight is 405 g/mol. The van der Waals surface area contributed by atoms with Gasteiger partial charge in [0, 0.05) is 10.9 Å². The minimum atomic E-state index is -0.0216. The van der Waals surface area contributed by atoms with Gasteiger partial charge in [-0.05, 0) is 36.1 Å². The number of thiophene rings is 1. The smallest absolute Gasteiger partial charge is 0.262 e. The maximum atomic E-state index is 13.1. The van der Waals surface area contributed by atoms with Crippen molar-refractivity contribution in [2.45, 2.75) is 33.2 Å². The van der Waals surface area contributed by atoms with Gasteiger partial charge in [0.25, 0.3) is 5.56 Å². The second kappa shape index (κ2) is 8.21. The molecule has 0 N–H and O–H groups in total. The summed E-state index contributed by atoms with van der Waals surface area (Å²) < 4.78 is 7.41. The van der Waals surface area contributed by atoms with Crippen LogP contribution in [0.3, 0.4) is 0 Å². The lowest BCUT2D eigenvalue weighted by Gasteiger charge is -2.09. The minimum absolute atomic E-state index is 0.0216. The first kappa shape index (κ1) is 19.4. The van der Waals surface area contributed by atoms with E-state index in [2.05, 4.69) is 43.1 Å². The summed E-state index contributed by atoms with van der Waals surface area (Å²) in [6.45, 7) is 7.27. The first-order chi connectivity index (χ1) is 14.0. The van der Waals surface area contributed by atoms with E-state index in [-0.39, 0.29) is 5.56 Å². The van der Waals surface area contributed by atoms with Gasteiger partial charge in [0.05, 0.1) is 18.3 Å². The van der Waals surface area contributed by atoms with Crippen molar-refractivity contribution in [2.24, 2.45) is 0 Å². The molecule has 0 fully saturated rings. The van der Waals surface area contributed by atoms with E-state index >= 15 is 0 Å². The molecular formula is C24H24N2O2S. The van der Waals surface area contributed by atoms with Gasteiger partial charge in [-0.15, -0.1) is 11.3 Å². The summed E-state index contributed by atoms with van der Waals surface area (Å²) in [6.07, 6.45) is 1.62. The fourth-order valence-electron chi connectivity index (χ4n) is 3.28. The van der Waals surface area contributed by atoms with Crippen LogP contribution in [0.2, 0.25) is 0 Å². The van der Waals surface area contributed by atoms with Gasteiger partial charge >= 0.3 is 0 Å². The molecule has 0 amide bonds. The van der Waals surface area contributed by atoms with Crippen molar-refractivity contribution >= 4 is 21.6 Å². The molecule has 0 spiro atoms. The molecule has 148 valence electrons. The number of aryl methyl sites for hydroxylation is 1. The molecule has 0 saturated carbocycles. The number of ether oxygens (including phenoxy) is 1. The normalized spacial score (nSPS) is 11.3. The van der Waals surface area contributed by atoms with Crippen LogP contribution in [0.25, 0.3) is 21.3 Å². The molecule has 0 unspecified atom stereocenters.